The van der Waals surface area contributed by atoms with Gasteiger partial charge < -0.3 is 20.1 Å². The van der Waals surface area contributed by atoms with Gasteiger partial charge in [0.15, 0.2) is 0 Å². The van der Waals surface area contributed by atoms with Crippen LogP contribution >= 0.6 is 0 Å². The SMILES string of the molecule is Cc1cc(O)ccc1N/C=C(/C#N)C(=O)N1CC(C)OC(C)C1. The van der Waals surface area contributed by atoms with Crippen LogP contribution in [0, 0.1) is 18.3 Å². The van der Waals surface area contributed by atoms with E-state index in [1.54, 1.807) is 23.1 Å². The van der Waals surface area contributed by atoms with Gasteiger partial charge in [-0.3, -0.25) is 4.79 Å². The van der Waals surface area contributed by atoms with Crippen molar-refractivity contribution in [1.82, 2.24) is 4.90 Å². The lowest BCUT2D eigenvalue weighted by Crippen LogP contribution is -2.48. The molecule has 0 bridgehead atoms. The molecular formula is C17H21N3O3. The van der Waals surface area contributed by atoms with Crippen molar-refractivity contribution >= 4 is 11.6 Å². The molecule has 1 amide bonds. The first-order valence-corrected chi connectivity index (χ1v) is 7.52. The van der Waals surface area contributed by atoms with Gasteiger partial charge in [-0.1, -0.05) is 0 Å². The van der Waals surface area contributed by atoms with Crippen LogP contribution in [0.2, 0.25) is 0 Å². The van der Waals surface area contributed by atoms with Crippen molar-refractivity contribution in [3.8, 4) is 11.8 Å². The highest BCUT2D eigenvalue weighted by atomic mass is 16.5. The minimum Gasteiger partial charge on any atom is -0.508 e. The molecule has 1 aromatic carbocycles. The van der Waals surface area contributed by atoms with E-state index in [0.717, 1.165) is 11.3 Å². The largest absolute Gasteiger partial charge is 0.508 e. The van der Waals surface area contributed by atoms with Gasteiger partial charge in [0.2, 0.25) is 0 Å². The van der Waals surface area contributed by atoms with Gasteiger partial charge in [0.1, 0.15) is 17.4 Å². The number of hydrogen-bond acceptors (Lipinski definition) is 5. The molecule has 122 valence electrons. The van der Waals surface area contributed by atoms with Crippen LogP contribution in [-0.2, 0) is 9.53 Å². The summed E-state index contributed by atoms with van der Waals surface area (Å²) in [4.78, 5) is 14.1. The molecule has 1 aromatic rings. The van der Waals surface area contributed by atoms with Gasteiger partial charge in [-0.05, 0) is 44.5 Å². The zero-order valence-corrected chi connectivity index (χ0v) is 13.5. The van der Waals surface area contributed by atoms with Crippen molar-refractivity contribution in [2.24, 2.45) is 0 Å². The summed E-state index contributed by atoms with van der Waals surface area (Å²) in [5.41, 5.74) is 1.59. The zero-order valence-electron chi connectivity index (χ0n) is 13.5. The second kappa shape index (κ2) is 7.16. The van der Waals surface area contributed by atoms with Crippen LogP contribution in [-0.4, -0.2) is 41.2 Å². The number of benzene rings is 1. The molecule has 1 saturated heterocycles. The Kier molecular flexibility index (Phi) is 5.24. The lowest BCUT2D eigenvalue weighted by molar-refractivity contribution is -0.138. The van der Waals surface area contributed by atoms with E-state index in [-0.39, 0.29) is 29.4 Å². The fraction of sp³-hybridized carbons (Fsp3) is 0.412. The Morgan fingerprint density at radius 3 is 2.65 bits per heavy atom. The second-order valence-electron chi connectivity index (χ2n) is 5.78. The lowest BCUT2D eigenvalue weighted by Gasteiger charge is -2.35. The Labute approximate surface area is 136 Å². The molecule has 1 aliphatic rings. The maximum Gasteiger partial charge on any atom is 0.266 e. The third-order valence-electron chi connectivity index (χ3n) is 3.64. The highest BCUT2D eigenvalue weighted by Gasteiger charge is 2.27. The average Bonchev–Trinajstić information content (AvgIpc) is 2.48. The van der Waals surface area contributed by atoms with Gasteiger partial charge in [0, 0.05) is 25.0 Å². The number of nitriles is 1. The molecule has 2 rings (SSSR count). The lowest BCUT2D eigenvalue weighted by atomic mass is 10.1. The van der Waals surface area contributed by atoms with Crippen LogP contribution < -0.4 is 5.32 Å². The Morgan fingerprint density at radius 2 is 2.09 bits per heavy atom. The van der Waals surface area contributed by atoms with Crippen LogP contribution in [0.25, 0.3) is 0 Å². The number of morpholine rings is 1. The van der Waals surface area contributed by atoms with Gasteiger partial charge >= 0.3 is 0 Å². The molecule has 0 aliphatic carbocycles. The first kappa shape index (κ1) is 16.8. The van der Waals surface area contributed by atoms with Crippen LogP contribution in [0.4, 0.5) is 5.69 Å². The molecule has 0 spiro atoms. The van der Waals surface area contributed by atoms with Gasteiger partial charge in [-0.2, -0.15) is 5.26 Å². The average molecular weight is 315 g/mol. The summed E-state index contributed by atoms with van der Waals surface area (Å²) in [6.45, 7) is 6.59. The number of ether oxygens (including phenoxy) is 1. The summed E-state index contributed by atoms with van der Waals surface area (Å²) in [6, 6.07) is 6.79. The zero-order chi connectivity index (χ0) is 17.0. The van der Waals surface area contributed by atoms with Crippen molar-refractivity contribution in [2.45, 2.75) is 33.0 Å². The van der Waals surface area contributed by atoms with Crippen molar-refractivity contribution in [3.05, 3.63) is 35.5 Å². The van der Waals surface area contributed by atoms with Crippen molar-refractivity contribution < 1.29 is 14.6 Å². The summed E-state index contributed by atoms with van der Waals surface area (Å²) in [6.07, 6.45) is 1.32. The number of hydrogen-bond donors (Lipinski definition) is 2. The predicted molar refractivity (Wildman–Crippen MR) is 86.8 cm³/mol. The standard InChI is InChI=1S/C17H21N3O3/c1-11-6-15(21)4-5-16(11)19-8-14(7-18)17(22)20-9-12(2)23-13(3)10-20/h4-6,8,12-13,19,21H,9-10H2,1-3H3/b14-8-. The minimum absolute atomic E-state index is 0.0405. The monoisotopic (exact) mass is 315 g/mol. The number of phenolic OH excluding ortho intramolecular Hbond substituents is 1. The highest BCUT2D eigenvalue weighted by Crippen LogP contribution is 2.20. The van der Waals surface area contributed by atoms with E-state index in [1.807, 2.05) is 26.8 Å². The normalized spacial score (nSPS) is 21.7. The molecule has 2 N–H and O–H groups in total. The van der Waals surface area contributed by atoms with E-state index < -0.39 is 0 Å². The van der Waals surface area contributed by atoms with Gasteiger partial charge in [-0.15, -0.1) is 0 Å². The maximum atomic E-state index is 12.5. The quantitative estimate of drug-likeness (QED) is 0.507. The number of carbonyl (C=O) groups excluding carboxylic acids is 1. The number of aryl methyl sites for hydroxylation is 1. The van der Waals surface area contributed by atoms with Crippen molar-refractivity contribution in [1.29, 1.82) is 5.26 Å². The highest BCUT2D eigenvalue weighted by molar-refractivity contribution is 5.97. The fourth-order valence-corrected chi connectivity index (χ4v) is 2.62. The van der Waals surface area contributed by atoms with Crippen molar-refractivity contribution in [3.63, 3.8) is 0 Å². The van der Waals surface area contributed by atoms with E-state index in [0.29, 0.717) is 13.1 Å². The van der Waals surface area contributed by atoms with E-state index in [9.17, 15) is 15.2 Å². The molecule has 1 heterocycles. The van der Waals surface area contributed by atoms with Gasteiger partial charge in [-0.25, -0.2) is 0 Å². The Balaban J connectivity index is 2.12. The van der Waals surface area contributed by atoms with Crippen LogP contribution in [0.1, 0.15) is 19.4 Å². The maximum absolute atomic E-state index is 12.5. The number of anilines is 1. The fourth-order valence-electron chi connectivity index (χ4n) is 2.62. The summed E-state index contributed by atoms with van der Waals surface area (Å²) < 4.78 is 5.60. The molecule has 6 nitrogen and oxygen atoms in total. The first-order chi connectivity index (χ1) is 10.9. The molecule has 1 fully saturated rings. The molecule has 23 heavy (non-hydrogen) atoms. The number of phenols is 1. The molecular weight excluding hydrogens is 294 g/mol. The number of nitrogens with zero attached hydrogens (tertiary/aromatic N) is 2. The second-order valence-corrected chi connectivity index (χ2v) is 5.78. The molecule has 1 aliphatic heterocycles. The molecule has 6 heteroatoms. The van der Waals surface area contributed by atoms with Crippen LogP contribution in [0.15, 0.2) is 30.0 Å². The summed E-state index contributed by atoms with van der Waals surface area (Å²) >= 11 is 0. The summed E-state index contributed by atoms with van der Waals surface area (Å²) in [5, 5.41) is 21.6. The molecule has 2 atom stereocenters. The number of carbonyl (C=O) groups is 1. The molecule has 0 aromatic heterocycles. The number of rotatable bonds is 3. The summed E-state index contributed by atoms with van der Waals surface area (Å²) in [7, 11) is 0. The van der Waals surface area contributed by atoms with Gasteiger partial charge in [0.25, 0.3) is 5.91 Å². The molecule has 2 unspecified atom stereocenters. The third kappa shape index (κ3) is 4.24. The number of nitrogens with one attached hydrogen (secondary N) is 1. The predicted octanol–water partition coefficient (Wildman–Crippen LogP) is 2.16. The molecule has 0 radical (unpaired) electrons. The van der Waals surface area contributed by atoms with E-state index in [4.69, 9.17) is 4.74 Å². The van der Waals surface area contributed by atoms with Crippen LogP contribution in [0.3, 0.4) is 0 Å². The smallest absolute Gasteiger partial charge is 0.266 e. The summed E-state index contributed by atoms with van der Waals surface area (Å²) in [5.74, 6) is -0.136. The Hall–Kier alpha value is -2.52. The Morgan fingerprint density at radius 1 is 1.43 bits per heavy atom. The topological polar surface area (TPSA) is 85.6 Å². The molecule has 0 saturated carbocycles. The number of aromatic hydroxyl groups is 1. The van der Waals surface area contributed by atoms with E-state index >= 15 is 0 Å². The van der Waals surface area contributed by atoms with E-state index in [2.05, 4.69) is 5.32 Å². The number of amides is 1. The minimum atomic E-state index is -0.307. The Bertz CT molecular complexity index is 654. The van der Waals surface area contributed by atoms with Crippen LogP contribution in [0.5, 0.6) is 5.75 Å². The van der Waals surface area contributed by atoms with Gasteiger partial charge in [0.05, 0.1) is 12.2 Å². The van der Waals surface area contributed by atoms with Crippen molar-refractivity contribution in [2.75, 3.05) is 18.4 Å². The van der Waals surface area contributed by atoms with E-state index in [1.165, 1.54) is 6.20 Å². The third-order valence-corrected chi connectivity index (χ3v) is 3.64. The first-order valence-electron chi connectivity index (χ1n) is 7.52.